The molecule has 114 heavy (non-hydrogen) atoms. The number of aromatic nitrogens is 5. The van der Waals surface area contributed by atoms with Gasteiger partial charge in [-0.1, -0.05) is 218 Å². The largest absolute Gasteiger partial charge is 0.457 e. The summed E-state index contributed by atoms with van der Waals surface area (Å²) in [7, 11) is 0. The van der Waals surface area contributed by atoms with Crippen molar-refractivity contribution in [2.45, 2.75) is 26.4 Å². The van der Waals surface area contributed by atoms with Crippen LogP contribution in [0, 0.1) is 29.2 Å². The molecule has 17 aromatic rings. The second kappa shape index (κ2) is 31.3. The monoisotopic (exact) mass is 1480 g/mol. The highest BCUT2D eigenvalue weighted by Crippen LogP contribution is 2.43. The van der Waals surface area contributed by atoms with Crippen molar-refractivity contribution >= 4 is 73.2 Å². The lowest BCUT2D eigenvalue weighted by Gasteiger charge is -2.18. The molecule has 0 amide bonds. The van der Waals surface area contributed by atoms with Crippen molar-refractivity contribution in [2.24, 2.45) is 0 Å². The summed E-state index contributed by atoms with van der Waals surface area (Å²) >= 11 is 0. The average Bonchev–Trinajstić information content (AvgIpc) is 1.58. The molecule has 14 aromatic carbocycles. The molecule has 0 bridgehead atoms. The summed E-state index contributed by atoms with van der Waals surface area (Å²) in [5.74, 6) is -1.39. The Morgan fingerprint density at radius 2 is 0.667 bits per heavy atom. The third-order valence-electron chi connectivity index (χ3n) is 20.0. The quantitative estimate of drug-likeness (QED) is 0.0396. The predicted octanol–water partition coefficient (Wildman–Crippen LogP) is 21.8. The van der Waals surface area contributed by atoms with E-state index in [9.17, 15) is 29.7 Å². The van der Waals surface area contributed by atoms with Crippen LogP contribution in [0.15, 0.2) is 328 Å². The number of hydrogen-bond donors (Lipinski definition) is 0. The summed E-state index contributed by atoms with van der Waals surface area (Å²) in [5.41, 5.74) is 15.7. The van der Waals surface area contributed by atoms with Gasteiger partial charge >= 0.3 is 23.9 Å². The molecule has 542 valence electrons. The molecule has 16 nitrogen and oxygen atoms in total. The SMILES string of the molecule is [C-]#[N+]c1cccc(-c2ccc(-c3nc(-c4ccc(-c5ccccc5C#N)cc4)nc(-c4ccc(-c5cccc(C#N)c5)c(-n5c6ccc(C(=O)OCc7ccccc7)cc6c6cc(C(=O)OCc7ccccc7)ccc65)c4)n3)cc2-n2c3ccc(C(=O)OCc4ccccc4)cc3c3cc(C(=O)OCc4ccccc4)ccc32)c1. The van der Waals surface area contributed by atoms with Crippen LogP contribution in [0.2, 0.25) is 0 Å². The van der Waals surface area contributed by atoms with E-state index >= 15 is 0 Å². The summed E-state index contributed by atoms with van der Waals surface area (Å²) in [6.07, 6.45) is 0. The minimum absolute atomic E-state index is 0.0412. The van der Waals surface area contributed by atoms with Crippen molar-refractivity contribution in [1.29, 1.82) is 10.5 Å². The molecule has 16 heteroatoms. The molecule has 3 heterocycles. The van der Waals surface area contributed by atoms with Crippen molar-refractivity contribution in [3.63, 3.8) is 0 Å². The third kappa shape index (κ3) is 14.4. The first-order valence-electron chi connectivity index (χ1n) is 36.6. The van der Waals surface area contributed by atoms with E-state index in [0.29, 0.717) is 117 Å². The third-order valence-corrected chi connectivity index (χ3v) is 20.0. The molecule has 0 fully saturated rings. The van der Waals surface area contributed by atoms with E-state index in [1.54, 1.807) is 66.7 Å². The first-order valence-corrected chi connectivity index (χ1v) is 36.6. The molecular formula is C98H62N8O8. The average molecular weight is 1480 g/mol. The van der Waals surface area contributed by atoms with E-state index in [4.69, 9.17) is 40.5 Å². The Labute approximate surface area is 654 Å². The Morgan fingerprint density at radius 3 is 1.05 bits per heavy atom. The molecule has 0 aliphatic carbocycles. The molecule has 0 spiro atoms. The fourth-order valence-electron chi connectivity index (χ4n) is 14.4. The highest BCUT2D eigenvalue weighted by atomic mass is 16.5. The molecule has 0 aliphatic rings. The van der Waals surface area contributed by atoms with Crippen molar-refractivity contribution in [1.82, 2.24) is 24.1 Å². The van der Waals surface area contributed by atoms with Crippen LogP contribution in [-0.2, 0) is 45.4 Å². The number of carbonyl (C=O) groups excluding carboxylic acids is 4. The Morgan fingerprint density at radius 1 is 0.316 bits per heavy atom. The van der Waals surface area contributed by atoms with E-state index in [0.717, 1.165) is 33.4 Å². The molecule has 0 unspecified atom stereocenters. The Kier molecular flexibility index (Phi) is 19.5. The Hall–Kier alpha value is -16.0. The number of fused-ring (bicyclic) bond motifs is 6. The summed E-state index contributed by atoms with van der Waals surface area (Å²) in [4.78, 5) is 76.8. The summed E-state index contributed by atoms with van der Waals surface area (Å²) in [6.45, 7) is 8.33. The van der Waals surface area contributed by atoms with Gasteiger partial charge in [0, 0.05) is 49.4 Å². The lowest BCUT2D eigenvalue weighted by molar-refractivity contribution is 0.0464. The van der Waals surface area contributed by atoms with Crippen LogP contribution in [0.5, 0.6) is 0 Å². The molecule has 3 aromatic heterocycles. The van der Waals surface area contributed by atoms with Crippen molar-refractivity contribution < 1.29 is 38.1 Å². The molecule has 0 saturated heterocycles. The number of rotatable bonds is 20. The normalized spacial score (nSPS) is 11.1. The number of esters is 4. The van der Waals surface area contributed by atoms with Crippen LogP contribution in [-0.4, -0.2) is 48.0 Å². The summed E-state index contributed by atoms with van der Waals surface area (Å²) in [6, 6.07) is 105. The first-order chi connectivity index (χ1) is 56.0. The maximum Gasteiger partial charge on any atom is 0.338 e. The minimum atomic E-state index is -0.551. The highest BCUT2D eigenvalue weighted by molar-refractivity contribution is 6.15. The van der Waals surface area contributed by atoms with E-state index in [1.165, 1.54) is 0 Å². The standard InChI is InChI=1S/C98H62N8O8/c1-101-78-30-17-29-70(49-78)81-43-37-72(55-91(81)106-88-46-40-75(97(109)113-60-64-22-10-4-11-23-64)52-84(88)85-53-76(41-47-89(85)106)98(110)114-61-65-24-12-5-13-25-65)94-103-92(68-34-32-67(33-35-68)79-31-15-14-27-77(79)57-100)102-93(104-94)71-36-42-80(69-28-16-26-66(48-69)56-99)90(54-71)105-86-44-38-73(95(107)111-58-62-18-6-2-7-19-62)50-82(86)83-51-74(39-45-87(83)105)96(108)112-59-63-20-8-3-9-21-63/h2-55H,58-61H2. The Bertz CT molecular complexity index is 6220. The topological polar surface area (TPSA) is 206 Å². The van der Waals surface area contributed by atoms with Gasteiger partial charge in [0.2, 0.25) is 0 Å². The predicted molar refractivity (Wildman–Crippen MR) is 439 cm³/mol. The summed E-state index contributed by atoms with van der Waals surface area (Å²) in [5, 5.41) is 23.1. The van der Waals surface area contributed by atoms with Crippen LogP contribution in [0.25, 0.3) is 127 Å². The van der Waals surface area contributed by atoms with Crippen LogP contribution in [0.4, 0.5) is 5.69 Å². The molecular weight excluding hydrogens is 1420 g/mol. The van der Waals surface area contributed by atoms with Crippen molar-refractivity contribution in [3.8, 4) is 91.1 Å². The molecule has 0 N–H and O–H groups in total. The molecule has 0 aliphatic heterocycles. The molecule has 0 atom stereocenters. The van der Waals surface area contributed by atoms with Crippen molar-refractivity contribution in [2.75, 3.05) is 0 Å². The maximum absolute atomic E-state index is 14.2. The number of benzene rings is 14. The van der Waals surface area contributed by atoms with Gasteiger partial charge in [-0.25, -0.2) is 39.0 Å². The Balaban J connectivity index is 0.865. The van der Waals surface area contributed by atoms with E-state index in [2.05, 4.69) is 26.1 Å². The van der Waals surface area contributed by atoms with Gasteiger partial charge in [-0.3, -0.25) is 0 Å². The smallest absolute Gasteiger partial charge is 0.338 e. The van der Waals surface area contributed by atoms with Gasteiger partial charge in [0.25, 0.3) is 0 Å². The second-order valence-corrected chi connectivity index (χ2v) is 27.2. The van der Waals surface area contributed by atoms with Gasteiger partial charge in [-0.2, -0.15) is 10.5 Å². The lowest BCUT2D eigenvalue weighted by atomic mass is 9.98. The van der Waals surface area contributed by atoms with E-state index in [-0.39, 0.29) is 60.3 Å². The minimum Gasteiger partial charge on any atom is -0.457 e. The van der Waals surface area contributed by atoms with Crippen LogP contribution in [0.1, 0.15) is 74.8 Å². The second-order valence-electron chi connectivity index (χ2n) is 27.2. The number of nitriles is 2. The number of nitrogens with zero attached hydrogens (tertiary/aromatic N) is 8. The van der Waals surface area contributed by atoms with Gasteiger partial charge in [0.1, 0.15) is 26.4 Å². The van der Waals surface area contributed by atoms with Crippen LogP contribution >= 0.6 is 0 Å². The van der Waals surface area contributed by atoms with E-state index < -0.39 is 23.9 Å². The van der Waals surface area contributed by atoms with Gasteiger partial charge in [-0.15, -0.1) is 0 Å². The van der Waals surface area contributed by atoms with Gasteiger partial charge in [-0.05, 0) is 154 Å². The van der Waals surface area contributed by atoms with Gasteiger partial charge in [0.15, 0.2) is 23.2 Å². The zero-order valence-corrected chi connectivity index (χ0v) is 60.8. The highest BCUT2D eigenvalue weighted by Gasteiger charge is 2.26. The van der Waals surface area contributed by atoms with Crippen molar-refractivity contribution in [3.05, 3.63) is 395 Å². The van der Waals surface area contributed by atoms with E-state index in [1.807, 2.05) is 261 Å². The zero-order valence-electron chi connectivity index (χ0n) is 60.8. The first kappa shape index (κ1) is 71.0. The molecule has 0 saturated carbocycles. The zero-order chi connectivity index (χ0) is 77.6. The van der Waals surface area contributed by atoms with Gasteiger partial charge in [0.05, 0.1) is 85.5 Å². The molecule has 0 radical (unpaired) electrons. The maximum atomic E-state index is 14.2. The number of hydrogen-bond acceptors (Lipinski definition) is 13. The van der Waals surface area contributed by atoms with Crippen LogP contribution < -0.4 is 0 Å². The fraction of sp³-hybridized carbons (Fsp3) is 0.0408. The molecule has 17 rings (SSSR count). The van der Waals surface area contributed by atoms with Crippen LogP contribution in [0.3, 0.4) is 0 Å². The number of carbonyl (C=O) groups is 4. The summed E-state index contributed by atoms with van der Waals surface area (Å²) < 4.78 is 27.8. The lowest BCUT2D eigenvalue weighted by Crippen LogP contribution is -2.05. The number of ether oxygens (including phenoxy) is 4. The van der Waals surface area contributed by atoms with Gasteiger partial charge < -0.3 is 28.1 Å². The fourth-order valence-corrected chi connectivity index (χ4v) is 14.4.